The van der Waals surface area contributed by atoms with Crippen molar-refractivity contribution in [1.29, 1.82) is 0 Å². The van der Waals surface area contributed by atoms with E-state index in [4.69, 9.17) is 5.73 Å². The molecule has 1 rings (SSSR count). The molecule has 0 aliphatic rings. The van der Waals surface area contributed by atoms with Crippen LogP contribution in [0.3, 0.4) is 0 Å². The van der Waals surface area contributed by atoms with E-state index in [1.54, 1.807) is 0 Å². The first-order valence-electron chi connectivity index (χ1n) is 5.98. The maximum Gasteiger partial charge on any atom is 0.387 e. The van der Waals surface area contributed by atoms with E-state index in [1.807, 2.05) is 13.8 Å². The Morgan fingerprint density at radius 3 is 2.68 bits per heavy atom. The van der Waals surface area contributed by atoms with Gasteiger partial charge in [-0.05, 0) is 24.1 Å². The number of amides is 1. The van der Waals surface area contributed by atoms with E-state index in [0.717, 1.165) is 0 Å². The predicted molar refractivity (Wildman–Crippen MR) is 68.2 cm³/mol. The maximum absolute atomic E-state index is 12.1. The molecule has 0 saturated heterocycles. The van der Waals surface area contributed by atoms with Gasteiger partial charge in [0, 0.05) is 18.2 Å². The molecule has 4 nitrogen and oxygen atoms in total. The van der Waals surface area contributed by atoms with Crippen molar-refractivity contribution in [3.05, 3.63) is 29.8 Å². The molecule has 0 spiro atoms. The lowest BCUT2D eigenvalue weighted by Gasteiger charge is -2.16. The van der Waals surface area contributed by atoms with E-state index in [-0.39, 0.29) is 29.2 Å². The Kier molecular flexibility index (Phi) is 5.69. The lowest BCUT2D eigenvalue weighted by Crippen LogP contribution is -2.40. The average Bonchev–Trinajstić information content (AvgIpc) is 2.34. The van der Waals surface area contributed by atoms with Crippen LogP contribution in [0.25, 0.3) is 0 Å². The number of benzene rings is 1. The summed E-state index contributed by atoms with van der Waals surface area (Å²) >= 11 is 0. The standard InChI is InChI=1S/C13H18F2N2O2/c1-8(2)11(16)7-17-12(18)9-4-3-5-10(6-9)19-13(14)15/h3-6,8,11,13H,7,16H2,1-2H3,(H,17,18). The quantitative estimate of drug-likeness (QED) is 0.832. The van der Waals surface area contributed by atoms with Gasteiger partial charge in [-0.1, -0.05) is 19.9 Å². The Morgan fingerprint density at radius 1 is 1.42 bits per heavy atom. The number of nitrogens with one attached hydrogen (secondary N) is 1. The summed E-state index contributed by atoms with van der Waals surface area (Å²) in [6.45, 7) is 1.32. The number of carbonyl (C=O) groups is 1. The fourth-order valence-electron chi connectivity index (χ4n) is 1.36. The molecule has 0 aliphatic carbocycles. The van der Waals surface area contributed by atoms with Crippen LogP contribution in [0.1, 0.15) is 24.2 Å². The van der Waals surface area contributed by atoms with Crippen LogP contribution in [0.2, 0.25) is 0 Å². The molecule has 0 fully saturated rings. The topological polar surface area (TPSA) is 64.3 Å². The monoisotopic (exact) mass is 272 g/mol. The van der Waals surface area contributed by atoms with E-state index in [9.17, 15) is 13.6 Å². The molecule has 0 heterocycles. The largest absolute Gasteiger partial charge is 0.435 e. The van der Waals surface area contributed by atoms with E-state index in [1.165, 1.54) is 24.3 Å². The predicted octanol–water partition coefficient (Wildman–Crippen LogP) is 2.00. The highest BCUT2D eigenvalue weighted by Gasteiger charge is 2.12. The van der Waals surface area contributed by atoms with Crippen molar-refractivity contribution in [2.24, 2.45) is 11.7 Å². The summed E-state index contributed by atoms with van der Waals surface area (Å²) < 4.78 is 28.3. The van der Waals surface area contributed by atoms with Crippen molar-refractivity contribution in [3.8, 4) is 5.75 Å². The van der Waals surface area contributed by atoms with Crippen LogP contribution in [-0.2, 0) is 0 Å². The third kappa shape index (κ3) is 5.21. The molecule has 106 valence electrons. The van der Waals surface area contributed by atoms with Gasteiger partial charge in [0.05, 0.1) is 0 Å². The lowest BCUT2D eigenvalue weighted by atomic mass is 10.1. The Labute approximate surface area is 110 Å². The second kappa shape index (κ2) is 7.04. The SMILES string of the molecule is CC(C)C(N)CNC(=O)c1cccc(OC(F)F)c1. The molecule has 0 bridgehead atoms. The summed E-state index contributed by atoms with van der Waals surface area (Å²) in [5.41, 5.74) is 6.06. The third-order valence-electron chi connectivity index (χ3n) is 2.68. The van der Waals surface area contributed by atoms with Gasteiger partial charge in [0.1, 0.15) is 5.75 Å². The van der Waals surface area contributed by atoms with Gasteiger partial charge >= 0.3 is 6.61 Å². The van der Waals surface area contributed by atoms with Crippen molar-refractivity contribution in [2.45, 2.75) is 26.5 Å². The van der Waals surface area contributed by atoms with E-state index in [2.05, 4.69) is 10.1 Å². The van der Waals surface area contributed by atoms with Crippen LogP contribution in [0, 0.1) is 5.92 Å². The number of ether oxygens (including phenoxy) is 1. The van der Waals surface area contributed by atoms with E-state index in [0.29, 0.717) is 6.54 Å². The van der Waals surface area contributed by atoms with Crippen molar-refractivity contribution in [2.75, 3.05) is 6.54 Å². The van der Waals surface area contributed by atoms with Crippen LogP contribution >= 0.6 is 0 Å². The zero-order valence-corrected chi connectivity index (χ0v) is 10.9. The van der Waals surface area contributed by atoms with Gasteiger partial charge in [-0.25, -0.2) is 0 Å². The summed E-state index contributed by atoms with van der Waals surface area (Å²) in [5.74, 6) is -0.166. The highest BCUT2D eigenvalue weighted by atomic mass is 19.3. The minimum Gasteiger partial charge on any atom is -0.435 e. The van der Waals surface area contributed by atoms with Gasteiger partial charge in [0.15, 0.2) is 0 Å². The second-order valence-electron chi connectivity index (χ2n) is 4.52. The van der Waals surface area contributed by atoms with Gasteiger partial charge in [0.25, 0.3) is 5.91 Å². The molecule has 0 radical (unpaired) electrons. The number of nitrogens with two attached hydrogens (primary N) is 1. The molecule has 1 unspecified atom stereocenters. The highest BCUT2D eigenvalue weighted by molar-refractivity contribution is 5.94. The molecular weight excluding hydrogens is 254 g/mol. The lowest BCUT2D eigenvalue weighted by molar-refractivity contribution is -0.0498. The van der Waals surface area contributed by atoms with Crippen LogP contribution < -0.4 is 15.8 Å². The molecule has 0 aliphatic heterocycles. The van der Waals surface area contributed by atoms with Crippen LogP contribution in [0.4, 0.5) is 8.78 Å². The highest BCUT2D eigenvalue weighted by Crippen LogP contribution is 2.15. The third-order valence-corrected chi connectivity index (χ3v) is 2.68. The smallest absolute Gasteiger partial charge is 0.387 e. The minimum atomic E-state index is -2.91. The Hall–Kier alpha value is -1.69. The summed E-state index contributed by atoms with van der Waals surface area (Å²) in [6, 6.07) is 5.49. The van der Waals surface area contributed by atoms with Crippen molar-refractivity contribution in [1.82, 2.24) is 5.32 Å². The fraction of sp³-hybridized carbons (Fsp3) is 0.462. The molecule has 1 aromatic rings. The van der Waals surface area contributed by atoms with E-state index >= 15 is 0 Å². The van der Waals surface area contributed by atoms with Crippen molar-refractivity contribution < 1.29 is 18.3 Å². The number of halogens is 2. The minimum absolute atomic E-state index is 0.0455. The van der Waals surface area contributed by atoms with Crippen LogP contribution in [0.15, 0.2) is 24.3 Å². The molecule has 1 amide bonds. The van der Waals surface area contributed by atoms with Gasteiger partial charge in [-0.3, -0.25) is 4.79 Å². The number of carbonyl (C=O) groups excluding carboxylic acids is 1. The Bertz CT molecular complexity index is 425. The van der Waals surface area contributed by atoms with E-state index < -0.39 is 6.61 Å². The average molecular weight is 272 g/mol. The second-order valence-corrected chi connectivity index (χ2v) is 4.52. The molecule has 1 aromatic carbocycles. The zero-order valence-electron chi connectivity index (χ0n) is 10.9. The summed E-state index contributed by atoms with van der Waals surface area (Å²) in [5, 5.41) is 2.65. The van der Waals surface area contributed by atoms with Crippen molar-refractivity contribution >= 4 is 5.91 Å². The zero-order chi connectivity index (χ0) is 14.4. The molecule has 0 saturated carbocycles. The summed E-state index contributed by atoms with van der Waals surface area (Å²) in [4.78, 5) is 11.8. The van der Waals surface area contributed by atoms with Crippen LogP contribution in [0.5, 0.6) is 5.75 Å². The molecule has 3 N–H and O–H groups in total. The first-order valence-corrected chi connectivity index (χ1v) is 5.98. The summed E-state index contributed by atoms with van der Waals surface area (Å²) in [6.07, 6.45) is 0. The molecule has 1 atom stereocenters. The number of hydrogen-bond donors (Lipinski definition) is 2. The van der Waals surface area contributed by atoms with Crippen molar-refractivity contribution in [3.63, 3.8) is 0 Å². The first kappa shape index (κ1) is 15.4. The molecular formula is C13H18F2N2O2. The molecule has 19 heavy (non-hydrogen) atoms. The fourth-order valence-corrected chi connectivity index (χ4v) is 1.36. The summed E-state index contributed by atoms with van der Waals surface area (Å²) in [7, 11) is 0. The van der Waals surface area contributed by atoms with Crippen LogP contribution in [-0.4, -0.2) is 25.1 Å². The Morgan fingerprint density at radius 2 is 2.11 bits per heavy atom. The number of alkyl halides is 2. The van der Waals surface area contributed by atoms with Gasteiger partial charge in [-0.15, -0.1) is 0 Å². The number of rotatable bonds is 6. The maximum atomic E-state index is 12.1. The first-order chi connectivity index (χ1) is 8.90. The van der Waals surface area contributed by atoms with Gasteiger partial charge in [0.2, 0.25) is 0 Å². The normalized spacial score (nSPS) is 12.6. The molecule has 6 heteroatoms. The number of hydrogen-bond acceptors (Lipinski definition) is 3. The van der Waals surface area contributed by atoms with Gasteiger partial charge in [-0.2, -0.15) is 8.78 Å². The van der Waals surface area contributed by atoms with Gasteiger partial charge < -0.3 is 15.8 Å². The Balaban J connectivity index is 2.61. The molecule has 0 aromatic heterocycles.